The van der Waals surface area contributed by atoms with Crippen LogP contribution in [0.4, 0.5) is 0 Å². The normalized spacial score (nSPS) is 16.4. The average molecular weight is 264 g/mol. The van der Waals surface area contributed by atoms with Gasteiger partial charge in [-0.15, -0.1) is 0 Å². The van der Waals surface area contributed by atoms with Crippen LogP contribution in [0.5, 0.6) is 11.5 Å². The molecule has 0 amide bonds. The standard InChI is InChI=1S/C15H24N2O2/c1-4-19-14-10-13(15(18-3)9-12(14)2)11-17-7-5-16-6-8-17/h9-10,16H,4-8,11H2,1-3H3. The molecule has 0 saturated carbocycles. The summed E-state index contributed by atoms with van der Waals surface area (Å²) in [5.74, 6) is 1.92. The van der Waals surface area contributed by atoms with Crippen molar-refractivity contribution < 1.29 is 9.47 Å². The van der Waals surface area contributed by atoms with E-state index >= 15 is 0 Å². The van der Waals surface area contributed by atoms with Crippen LogP contribution in [-0.2, 0) is 6.54 Å². The summed E-state index contributed by atoms with van der Waals surface area (Å²) in [5, 5.41) is 3.37. The van der Waals surface area contributed by atoms with Crippen LogP contribution in [0.15, 0.2) is 12.1 Å². The second kappa shape index (κ2) is 6.78. The van der Waals surface area contributed by atoms with Crippen molar-refractivity contribution in [3.63, 3.8) is 0 Å². The van der Waals surface area contributed by atoms with Crippen LogP contribution >= 0.6 is 0 Å². The van der Waals surface area contributed by atoms with E-state index in [0.29, 0.717) is 6.61 Å². The molecule has 1 aromatic rings. The summed E-state index contributed by atoms with van der Waals surface area (Å²) in [6.07, 6.45) is 0. The van der Waals surface area contributed by atoms with Gasteiger partial charge in [0.2, 0.25) is 0 Å². The molecule has 1 aliphatic rings. The Morgan fingerprint density at radius 1 is 1.21 bits per heavy atom. The van der Waals surface area contributed by atoms with E-state index in [1.807, 2.05) is 6.92 Å². The van der Waals surface area contributed by atoms with Crippen LogP contribution in [0.25, 0.3) is 0 Å². The number of ether oxygens (including phenoxy) is 2. The van der Waals surface area contributed by atoms with Crippen LogP contribution in [0.2, 0.25) is 0 Å². The van der Waals surface area contributed by atoms with Crippen LogP contribution in [0.3, 0.4) is 0 Å². The van der Waals surface area contributed by atoms with Crippen LogP contribution in [0.1, 0.15) is 18.1 Å². The molecule has 2 rings (SSSR count). The van der Waals surface area contributed by atoms with Crippen LogP contribution in [-0.4, -0.2) is 44.8 Å². The van der Waals surface area contributed by atoms with Gasteiger partial charge in [-0.1, -0.05) is 0 Å². The van der Waals surface area contributed by atoms with Crippen molar-refractivity contribution in [2.75, 3.05) is 39.9 Å². The van der Waals surface area contributed by atoms with Crippen LogP contribution < -0.4 is 14.8 Å². The molecule has 106 valence electrons. The Morgan fingerprint density at radius 2 is 1.95 bits per heavy atom. The first-order valence-electron chi connectivity index (χ1n) is 6.98. The van der Waals surface area contributed by atoms with E-state index in [2.05, 4.69) is 29.3 Å². The number of hydrogen-bond donors (Lipinski definition) is 1. The van der Waals surface area contributed by atoms with Crippen molar-refractivity contribution in [3.05, 3.63) is 23.3 Å². The quantitative estimate of drug-likeness (QED) is 0.879. The van der Waals surface area contributed by atoms with Gasteiger partial charge in [-0.2, -0.15) is 0 Å². The fourth-order valence-corrected chi connectivity index (χ4v) is 2.44. The fourth-order valence-electron chi connectivity index (χ4n) is 2.44. The summed E-state index contributed by atoms with van der Waals surface area (Å²) >= 11 is 0. The zero-order valence-electron chi connectivity index (χ0n) is 12.2. The van der Waals surface area contributed by atoms with Crippen molar-refractivity contribution in [3.8, 4) is 11.5 Å². The van der Waals surface area contributed by atoms with Crippen molar-refractivity contribution in [2.45, 2.75) is 20.4 Å². The molecule has 4 nitrogen and oxygen atoms in total. The smallest absolute Gasteiger partial charge is 0.123 e. The lowest BCUT2D eigenvalue weighted by atomic mass is 10.1. The Morgan fingerprint density at radius 3 is 2.58 bits per heavy atom. The molecule has 0 atom stereocenters. The van der Waals surface area contributed by atoms with E-state index < -0.39 is 0 Å². The molecule has 4 heteroatoms. The Bertz CT molecular complexity index is 415. The maximum atomic E-state index is 5.68. The number of nitrogens with one attached hydrogen (secondary N) is 1. The largest absolute Gasteiger partial charge is 0.496 e. The van der Waals surface area contributed by atoms with Gasteiger partial charge in [0, 0.05) is 38.3 Å². The summed E-state index contributed by atoms with van der Waals surface area (Å²) in [7, 11) is 1.73. The highest BCUT2D eigenvalue weighted by molar-refractivity contribution is 5.46. The minimum absolute atomic E-state index is 0.695. The van der Waals surface area contributed by atoms with Gasteiger partial charge < -0.3 is 14.8 Å². The van der Waals surface area contributed by atoms with Gasteiger partial charge in [-0.3, -0.25) is 4.90 Å². The monoisotopic (exact) mass is 264 g/mol. The molecule has 0 aliphatic carbocycles. The fraction of sp³-hybridized carbons (Fsp3) is 0.600. The maximum absolute atomic E-state index is 5.68. The molecule has 0 radical (unpaired) electrons. The van der Waals surface area contributed by atoms with E-state index in [-0.39, 0.29) is 0 Å². The van der Waals surface area contributed by atoms with Gasteiger partial charge >= 0.3 is 0 Å². The molecular formula is C15H24N2O2. The lowest BCUT2D eigenvalue weighted by Crippen LogP contribution is -2.42. The van der Waals surface area contributed by atoms with Crippen molar-refractivity contribution in [1.29, 1.82) is 0 Å². The second-order valence-corrected chi connectivity index (χ2v) is 4.89. The highest BCUT2D eigenvalue weighted by atomic mass is 16.5. The predicted molar refractivity (Wildman–Crippen MR) is 77.0 cm³/mol. The van der Waals surface area contributed by atoms with Crippen molar-refractivity contribution in [2.24, 2.45) is 0 Å². The number of piperazine rings is 1. The van der Waals surface area contributed by atoms with Gasteiger partial charge in [-0.05, 0) is 31.5 Å². The van der Waals surface area contributed by atoms with Crippen molar-refractivity contribution >= 4 is 0 Å². The third-order valence-corrected chi connectivity index (χ3v) is 3.48. The first kappa shape index (κ1) is 14.2. The average Bonchev–Trinajstić information content (AvgIpc) is 2.43. The van der Waals surface area contributed by atoms with Gasteiger partial charge in [0.05, 0.1) is 13.7 Å². The third kappa shape index (κ3) is 3.61. The molecule has 1 heterocycles. The first-order chi connectivity index (χ1) is 9.24. The van der Waals surface area contributed by atoms with E-state index in [4.69, 9.17) is 9.47 Å². The second-order valence-electron chi connectivity index (χ2n) is 4.89. The van der Waals surface area contributed by atoms with Crippen LogP contribution in [0, 0.1) is 6.92 Å². The molecule has 1 aromatic carbocycles. The summed E-state index contributed by atoms with van der Waals surface area (Å²) in [5.41, 5.74) is 2.33. The van der Waals surface area contributed by atoms with E-state index in [1.54, 1.807) is 7.11 Å². The number of aryl methyl sites for hydroxylation is 1. The Labute approximate surface area is 115 Å². The minimum Gasteiger partial charge on any atom is -0.496 e. The minimum atomic E-state index is 0.695. The molecule has 1 fully saturated rings. The molecule has 0 bridgehead atoms. The SMILES string of the molecule is CCOc1cc(CN2CCNCC2)c(OC)cc1C. The maximum Gasteiger partial charge on any atom is 0.123 e. The molecule has 0 spiro atoms. The molecule has 1 N–H and O–H groups in total. The number of benzene rings is 1. The number of hydrogen-bond acceptors (Lipinski definition) is 4. The van der Waals surface area contributed by atoms with Gasteiger partial charge in [0.1, 0.15) is 11.5 Å². The Kier molecular flexibility index (Phi) is 5.05. The van der Waals surface area contributed by atoms with E-state index in [0.717, 1.165) is 49.8 Å². The summed E-state index contributed by atoms with van der Waals surface area (Å²) < 4.78 is 11.2. The van der Waals surface area contributed by atoms with Crippen molar-refractivity contribution in [1.82, 2.24) is 10.2 Å². The van der Waals surface area contributed by atoms with Gasteiger partial charge in [-0.25, -0.2) is 0 Å². The van der Waals surface area contributed by atoms with Gasteiger partial charge in [0.15, 0.2) is 0 Å². The number of methoxy groups -OCH3 is 1. The number of rotatable bonds is 5. The molecule has 0 unspecified atom stereocenters. The molecular weight excluding hydrogens is 240 g/mol. The summed E-state index contributed by atoms with van der Waals surface area (Å²) in [6.45, 7) is 9.98. The zero-order valence-corrected chi connectivity index (χ0v) is 12.2. The molecule has 0 aromatic heterocycles. The predicted octanol–water partition coefficient (Wildman–Crippen LogP) is 1.81. The zero-order chi connectivity index (χ0) is 13.7. The Balaban J connectivity index is 2.18. The third-order valence-electron chi connectivity index (χ3n) is 3.48. The lowest BCUT2D eigenvalue weighted by molar-refractivity contribution is 0.229. The molecule has 1 aliphatic heterocycles. The summed E-state index contributed by atoms with van der Waals surface area (Å²) in [6, 6.07) is 4.20. The lowest BCUT2D eigenvalue weighted by Gasteiger charge is -2.28. The van der Waals surface area contributed by atoms with E-state index in [1.165, 1.54) is 5.56 Å². The van der Waals surface area contributed by atoms with Gasteiger partial charge in [0.25, 0.3) is 0 Å². The highest BCUT2D eigenvalue weighted by Gasteiger charge is 2.14. The van der Waals surface area contributed by atoms with E-state index in [9.17, 15) is 0 Å². The summed E-state index contributed by atoms with van der Waals surface area (Å²) in [4.78, 5) is 2.44. The molecule has 19 heavy (non-hydrogen) atoms. The highest BCUT2D eigenvalue weighted by Crippen LogP contribution is 2.29. The Hall–Kier alpha value is -1.26. The topological polar surface area (TPSA) is 33.7 Å². The molecule has 1 saturated heterocycles. The first-order valence-corrected chi connectivity index (χ1v) is 6.98. The number of nitrogens with zero attached hydrogens (tertiary/aromatic N) is 1.